The maximum absolute atomic E-state index is 12.3. The summed E-state index contributed by atoms with van der Waals surface area (Å²) in [7, 11) is 2.02. The number of imide groups is 1. The van der Waals surface area contributed by atoms with E-state index in [0.29, 0.717) is 25.0 Å². The van der Waals surface area contributed by atoms with Gasteiger partial charge in [0.15, 0.2) is 0 Å². The zero-order valence-corrected chi connectivity index (χ0v) is 12.9. The zero-order chi connectivity index (χ0) is 14.7. The summed E-state index contributed by atoms with van der Waals surface area (Å²) in [5, 5.41) is 2.80. The van der Waals surface area contributed by atoms with Gasteiger partial charge in [0.1, 0.15) is 6.04 Å². The van der Waals surface area contributed by atoms with E-state index in [1.54, 1.807) is 0 Å². The van der Waals surface area contributed by atoms with E-state index < -0.39 is 0 Å². The largest absolute Gasteiger partial charge is 0.326 e. The highest BCUT2D eigenvalue weighted by Gasteiger charge is 2.39. The van der Waals surface area contributed by atoms with Crippen molar-refractivity contribution in [2.24, 2.45) is 5.92 Å². The lowest BCUT2D eigenvalue weighted by atomic mass is 9.95. The Kier molecular flexibility index (Phi) is 5.02. The van der Waals surface area contributed by atoms with Crippen LogP contribution in [0.3, 0.4) is 0 Å². The van der Waals surface area contributed by atoms with Crippen molar-refractivity contribution < 1.29 is 9.59 Å². The molecule has 3 amide bonds. The molecule has 0 aromatic heterocycles. The number of hydrogen-bond acceptors (Lipinski definition) is 3. The fourth-order valence-corrected chi connectivity index (χ4v) is 3.20. The summed E-state index contributed by atoms with van der Waals surface area (Å²) >= 11 is 0. The molecule has 0 bridgehead atoms. The van der Waals surface area contributed by atoms with Gasteiger partial charge in [-0.15, -0.1) is 0 Å². The summed E-state index contributed by atoms with van der Waals surface area (Å²) < 4.78 is 0. The number of carbonyl (C=O) groups excluding carboxylic acids is 2. The minimum atomic E-state index is -0.331. The van der Waals surface area contributed by atoms with E-state index in [0.717, 1.165) is 0 Å². The van der Waals surface area contributed by atoms with Crippen molar-refractivity contribution in [3.8, 4) is 0 Å². The van der Waals surface area contributed by atoms with Crippen LogP contribution in [-0.4, -0.2) is 47.5 Å². The highest BCUT2D eigenvalue weighted by molar-refractivity contribution is 6.04. The maximum atomic E-state index is 12.3. The quantitative estimate of drug-likeness (QED) is 0.786. The Hall–Kier alpha value is -1.10. The van der Waals surface area contributed by atoms with Crippen LogP contribution in [0.5, 0.6) is 0 Å². The van der Waals surface area contributed by atoms with Gasteiger partial charge < -0.3 is 5.32 Å². The zero-order valence-electron chi connectivity index (χ0n) is 12.9. The third-order valence-corrected chi connectivity index (χ3v) is 4.38. The molecule has 5 heteroatoms. The first-order chi connectivity index (χ1) is 9.49. The number of nitrogens with zero attached hydrogens (tertiary/aromatic N) is 2. The van der Waals surface area contributed by atoms with Crippen molar-refractivity contribution in [3.63, 3.8) is 0 Å². The molecule has 1 N–H and O–H groups in total. The normalized spacial score (nSPS) is 24.9. The molecule has 0 radical (unpaired) electrons. The SMILES string of the molecule is CC(C)C[C@H]1NC(=O)N(CN(C)C2CCCCC2)C1=O. The van der Waals surface area contributed by atoms with Gasteiger partial charge in [0.05, 0.1) is 6.67 Å². The van der Waals surface area contributed by atoms with Crippen molar-refractivity contribution in [1.29, 1.82) is 0 Å². The molecular weight excluding hydrogens is 254 g/mol. The minimum Gasteiger partial charge on any atom is -0.326 e. The predicted octanol–water partition coefficient (Wildman–Crippen LogP) is 2.17. The first-order valence-electron chi connectivity index (χ1n) is 7.81. The van der Waals surface area contributed by atoms with Gasteiger partial charge in [-0.05, 0) is 32.2 Å². The van der Waals surface area contributed by atoms with Crippen molar-refractivity contribution in [2.75, 3.05) is 13.7 Å². The molecule has 1 atom stereocenters. The highest BCUT2D eigenvalue weighted by atomic mass is 16.2. The maximum Gasteiger partial charge on any atom is 0.325 e. The van der Waals surface area contributed by atoms with Gasteiger partial charge in [0, 0.05) is 6.04 Å². The van der Waals surface area contributed by atoms with Gasteiger partial charge in [0.25, 0.3) is 5.91 Å². The second-order valence-electron chi connectivity index (χ2n) is 6.59. The summed E-state index contributed by atoms with van der Waals surface area (Å²) in [6.07, 6.45) is 6.89. The first kappa shape index (κ1) is 15.3. The lowest BCUT2D eigenvalue weighted by Crippen LogP contribution is -2.45. The van der Waals surface area contributed by atoms with Crippen molar-refractivity contribution in [3.05, 3.63) is 0 Å². The van der Waals surface area contributed by atoms with E-state index in [4.69, 9.17) is 0 Å². The molecule has 0 spiro atoms. The summed E-state index contributed by atoms with van der Waals surface area (Å²) in [4.78, 5) is 27.8. The average Bonchev–Trinajstić information content (AvgIpc) is 2.66. The number of carbonyl (C=O) groups is 2. The molecular formula is C15H27N3O2. The van der Waals surface area contributed by atoms with Crippen molar-refractivity contribution in [1.82, 2.24) is 15.1 Å². The van der Waals surface area contributed by atoms with Crippen LogP contribution < -0.4 is 5.32 Å². The Labute approximate surface area is 121 Å². The fourth-order valence-electron chi connectivity index (χ4n) is 3.20. The Morgan fingerprint density at radius 1 is 1.25 bits per heavy atom. The molecule has 2 aliphatic rings. The van der Waals surface area contributed by atoms with Crippen LogP contribution in [0.1, 0.15) is 52.4 Å². The number of urea groups is 1. The Balaban J connectivity index is 1.91. The number of hydrogen-bond donors (Lipinski definition) is 1. The molecule has 1 heterocycles. The lowest BCUT2D eigenvalue weighted by Gasteiger charge is -2.33. The summed E-state index contributed by atoms with van der Waals surface area (Å²) in [5.41, 5.74) is 0. The molecule has 5 nitrogen and oxygen atoms in total. The number of nitrogens with one attached hydrogen (secondary N) is 1. The molecule has 114 valence electrons. The number of rotatable bonds is 5. The van der Waals surface area contributed by atoms with Crippen LogP contribution >= 0.6 is 0 Å². The monoisotopic (exact) mass is 281 g/mol. The third kappa shape index (κ3) is 3.51. The minimum absolute atomic E-state index is 0.0636. The van der Waals surface area contributed by atoms with E-state index in [-0.39, 0.29) is 18.0 Å². The molecule has 2 fully saturated rings. The average molecular weight is 281 g/mol. The molecule has 20 heavy (non-hydrogen) atoms. The Morgan fingerprint density at radius 3 is 2.50 bits per heavy atom. The van der Waals surface area contributed by atoms with Crippen LogP contribution in [0.2, 0.25) is 0 Å². The molecule has 0 unspecified atom stereocenters. The van der Waals surface area contributed by atoms with Gasteiger partial charge in [-0.2, -0.15) is 0 Å². The second-order valence-corrected chi connectivity index (χ2v) is 6.59. The fraction of sp³-hybridized carbons (Fsp3) is 0.867. The van der Waals surface area contributed by atoms with Gasteiger partial charge in [-0.3, -0.25) is 9.69 Å². The first-order valence-corrected chi connectivity index (χ1v) is 7.81. The van der Waals surface area contributed by atoms with Crippen LogP contribution in [0.25, 0.3) is 0 Å². The van der Waals surface area contributed by atoms with E-state index >= 15 is 0 Å². The van der Waals surface area contributed by atoms with Gasteiger partial charge in [0.2, 0.25) is 0 Å². The van der Waals surface area contributed by atoms with E-state index in [1.165, 1.54) is 37.0 Å². The molecule has 2 rings (SSSR count). The summed E-state index contributed by atoms with van der Waals surface area (Å²) in [5.74, 6) is 0.339. The second kappa shape index (κ2) is 6.57. The van der Waals surface area contributed by atoms with Gasteiger partial charge in [-0.1, -0.05) is 33.1 Å². The Bertz CT molecular complexity index is 364. The van der Waals surface area contributed by atoms with Gasteiger partial charge in [-0.25, -0.2) is 9.69 Å². The van der Waals surface area contributed by atoms with Crippen molar-refractivity contribution in [2.45, 2.75) is 64.5 Å². The predicted molar refractivity (Wildman–Crippen MR) is 78.1 cm³/mol. The Morgan fingerprint density at radius 2 is 1.90 bits per heavy atom. The molecule has 1 aliphatic carbocycles. The molecule has 1 saturated carbocycles. The summed E-state index contributed by atoms with van der Waals surface area (Å²) in [6.45, 7) is 4.55. The van der Waals surface area contributed by atoms with E-state index in [1.807, 2.05) is 7.05 Å². The molecule has 1 saturated heterocycles. The van der Waals surface area contributed by atoms with Gasteiger partial charge >= 0.3 is 6.03 Å². The standard InChI is InChI=1S/C15H27N3O2/c1-11(2)9-13-14(19)18(15(20)16-13)10-17(3)12-7-5-4-6-8-12/h11-13H,4-10H2,1-3H3,(H,16,20)/t13-/m1/s1. The smallest absolute Gasteiger partial charge is 0.325 e. The lowest BCUT2D eigenvalue weighted by molar-refractivity contribution is -0.129. The topological polar surface area (TPSA) is 52.7 Å². The molecule has 0 aromatic carbocycles. The van der Waals surface area contributed by atoms with Crippen LogP contribution in [0.4, 0.5) is 4.79 Å². The van der Waals surface area contributed by atoms with Crippen LogP contribution in [0.15, 0.2) is 0 Å². The van der Waals surface area contributed by atoms with E-state index in [9.17, 15) is 9.59 Å². The van der Waals surface area contributed by atoms with E-state index in [2.05, 4.69) is 24.1 Å². The third-order valence-electron chi connectivity index (χ3n) is 4.38. The van der Waals surface area contributed by atoms with Crippen molar-refractivity contribution >= 4 is 11.9 Å². The molecule has 0 aromatic rings. The molecule has 1 aliphatic heterocycles. The highest BCUT2D eigenvalue weighted by Crippen LogP contribution is 2.22. The summed E-state index contributed by atoms with van der Waals surface area (Å²) in [6, 6.07) is -0.0564. The van der Waals surface area contributed by atoms with Crippen LogP contribution in [0, 0.1) is 5.92 Å². The number of amides is 3. The van der Waals surface area contributed by atoms with Crippen LogP contribution in [-0.2, 0) is 4.79 Å².